The molecule has 100 valence electrons. The average Bonchev–Trinajstić information content (AvgIpc) is 2.37. The van der Waals surface area contributed by atoms with Crippen molar-refractivity contribution in [2.75, 3.05) is 0 Å². The minimum atomic E-state index is -1.04. The summed E-state index contributed by atoms with van der Waals surface area (Å²) in [5.41, 5.74) is 0.623. The monoisotopic (exact) mass is 278 g/mol. The highest BCUT2D eigenvalue weighted by Crippen LogP contribution is 2.21. The minimum Gasteiger partial charge on any atom is -0.476 e. The maximum Gasteiger partial charge on any atom is 0.355 e. The standard InChI is InChI=1S/C14H15ClN2O2/c1-3-8(2)6-12-16-11-7-9(15)4-5-10(11)13(17-12)14(18)19/h4-5,7-8H,3,6H2,1-2H3,(H,18,19). The molecule has 0 amide bonds. The molecule has 2 aromatic rings. The number of nitrogens with zero attached hydrogens (tertiary/aromatic N) is 2. The molecule has 5 heteroatoms. The lowest BCUT2D eigenvalue weighted by Crippen LogP contribution is -2.09. The fourth-order valence-corrected chi connectivity index (χ4v) is 2.03. The molecule has 2 rings (SSSR count). The Kier molecular flexibility index (Phi) is 4.00. The van der Waals surface area contributed by atoms with Crippen LogP contribution in [0.15, 0.2) is 18.2 Å². The Morgan fingerprint density at radius 3 is 2.79 bits per heavy atom. The summed E-state index contributed by atoms with van der Waals surface area (Å²) >= 11 is 5.93. The third-order valence-electron chi connectivity index (χ3n) is 3.14. The van der Waals surface area contributed by atoms with Crippen LogP contribution in [0.3, 0.4) is 0 Å². The predicted octanol–water partition coefficient (Wildman–Crippen LogP) is 3.57. The molecule has 4 nitrogen and oxygen atoms in total. The Morgan fingerprint density at radius 2 is 2.16 bits per heavy atom. The number of carboxylic acid groups (broad SMARTS) is 1. The molecule has 0 spiro atoms. The normalized spacial score (nSPS) is 12.6. The molecule has 1 unspecified atom stereocenters. The second-order valence-electron chi connectivity index (χ2n) is 4.67. The van der Waals surface area contributed by atoms with Crippen LogP contribution in [0.25, 0.3) is 10.9 Å². The summed E-state index contributed by atoms with van der Waals surface area (Å²) in [5.74, 6) is -0.0695. The van der Waals surface area contributed by atoms with Crippen molar-refractivity contribution < 1.29 is 9.90 Å². The van der Waals surface area contributed by atoms with Gasteiger partial charge in [0.1, 0.15) is 5.82 Å². The summed E-state index contributed by atoms with van der Waals surface area (Å²) in [6.07, 6.45) is 1.67. The lowest BCUT2D eigenvalue weighted by atomic mass is 10.0. The van der Waals surface area contributed by atoms with Gasteiger partial charge in [0.25, 0.3) is 0 Å². The molecule has 1 heterocycles. The van der Waals surface area contributed by atoms with Gasteiger partial charge in [0.2, 0.25) is 0 Å². The van der Waals surface area contributed by atoms with Crippen LogP contribution in [-0.4, -0.2) is 21.0 Å². The van der Waals surface area contributed by atoms with Crippen LogP contribution in [0.2, 0.25) is 5.02 Å². The first kappa shape index (κ1) is 13.7. The van der Waals surface area contributed by atoms with Crippen molar-refractivity contribution in [3.63, 3.8) is 0 Å². The first-order valence-corrected chi connectivity index (χ1v) is 6.58. The molecular formula is C14H15ClN2O2. The number of aromatic nitrogens is 2. The summed E-state index contributed by atoms with van der Waals surface area (Å²) in [6.45, 7) is 4.17. The van der Waals surface area contributed by atoms with Crippen molar-refractivity contribution >= 4 is 28.5 Å². The van der Waals surface area contributed by atoms with Crippen LogP contribution in [0.5, 0.6) is 0 Å². The van der Waals surface area contributed by atoms with Crippen molar-refractivity contribution in [1.82, 2.24) is 9.97 Å². The maximum absolute atomic E-state index is 11.3. The molecule has 1 aromatic carbocycles. The third-order valence-corrected chi connectivity index (χ3v) is 3.37. The number of rotatable bonds is 4. The van der Waals surface area contributed by atoms with E-state index in [4.69, 9.17) is 11.6 Å². The van der Waals surface area contributed by atoms with Gasteiger partial charge in [-0.05, 0) is 24.1 Å². The summed E-state index contributed by atoms with van der Waals surface area (Å²) in [7, 11) is 0. The van der Waals surface area contributed by atoms with Crippen molar-refractivity contribution in [2.45, 2.75) is 26.7 Å². The van der Waals surface area contributed by atoms with Crippen molar-refractivity contribution in [3.05, 3.63) is 34.7 Å². The molecule has 1 N–H and O–H groups in total. The van der Waals surface area contributed by atoms with Gasteiger partial charge in [-0.25, -0.2) is 14.8 Å². The van der Waals surface area contributed by atoms with Crippen LogP contribution in [0, 0.1) is 5.92 Å². The second-order valence-corrected chi connectivity index (χ2v) is 5.11. The zero-order valence-corrected chi connectivity index (χ0v) is 11.6. The topological polar surface area (TPSA) is 63.1 Å². The van der Waals surface area contributed by atoms with Gasteiger partial charge in [0.05, 0.1) is 5.52 Å². The van der Waals surface area contributed by atoms with Crippen LogP contribution < -0.4 is 0 Å². The molecule has 19 heavy (non-hydrogen) atoms. The van der Waals surface area contributed by atoms with Crippen LogP contribution in [0.4, 0.5) is 0 Å². The Bertz CT molecular complexity index is 628. The molecule has 0 aliphatic rings. The number of hydrogen-bond acceptors (Lipinski definition) is 3. The highest BCUT2D eigenvalue weighted by molar-refractivity contribution is 6.31. The summed E-state index contributed by atoms with van der Waals surface area (Å²) in [5, 5.41) is 10.3. The summed E-state index contributed by atoms with van der Waals surface area (Å²) in [4.78, 5) is 19.9. The van der Waals surface area contributed by atoms with Gasteiger partial charge < -0.3 is 5.11 Å². The van der Waals surface area contributed by atoms with Gasteiger partial charge in [-0.1, -0.05) is 31.9 Å². The van der Waals surface area contributed by atoms with E-state index in [1.807, 2.05) is 0 Å². The van der Waals surface area contributed by atoms with E-state index in [1.54, 1.807) is 18.2 Å². The molecule has 0 saturated carbocycles. The molecular weight excluding hydrogens is 264 g/mol. The highest BCUT2D eigenvalue weighted by Gasteiger charge is 2.15. The van der Waals surface area contributed by atoms with Crippen LogP contribution >= 0.6 is 11.6 Å². The Hall–Kier alpha value is -1.68. The molecule has 0 aliphatic carbocycles. The SMILES string of the molecule is CCC(C)Cc1nc(C(=O)O)c2ccc(Cl)cc2n1. The minimum absolute atomic E-state index is 0.0416. The zero-order valence-electron chi connectivity index (χ0n) is 10.9. The van der Waals surface area contributed by atoms with Gasteiger partial charge in [0.15, 0.2) is 5.69 Å². The van der Waals surface area contributed by atoms with Gasteiger partial charge in [-0.15, -0.1) is 0 Å². The predicted molar refractivity (Wildman–Crippen MR) is 74.7 cm³/mol. The number of hydrogen-bond donors (Lipinski definition) is 1. The fourth-order valence-electron chi connectivity index (χ4n) is 1.86. The van der Waals surface area contributed by atoms with Crippen molar-refractivity contribution in [2.24, 2.45) is 5.92 Å². The molecule has 1 atom stereocenters. The molecule has 0 fully saturated rings. The van der Waals surface area contributed by atoms with E-state index in [2.05, 4.69) is 23.8 Å². The van der Waals surface area contributed by atoms with E-state index in [1.165, 1.54) is 0 Å². The second kappa shape index (κ2) is 5.53. The molecule has 1 aromatic heterocycles. The summed E-state index contributed by atoms with van der Waals surface area (Å²) in [6, 6.07) is 4.97. The zero-order chi connectivity index (χ0) is 14.0. The Balaban J connectivity index is 2.58. The van der Waals surface area contributed by atoms with Crippen LogP contribution in [0.1, 0.15) is 36.6 Å². The average molecular weight is 279 g/mol. The Labute approximate surface area is 116 Å². The highest BCUT2D eigenvalue weighted by atomic mass is 35.5. The van der Waals surface area contributed by atoms with Gasteiger partial charge in [-0.2, -0.15) is 0 Å². The van der Waals surface area contributed by atoms with E-state index >= 15 is 0 Å². The van der Waals surface area contributed by atoms with Gasteiger partial charge in [-0.3, -0.25) is 0 Å². The first-order chi connectivity index (χ1) is 9.01. The number of carbonyl (C=O) groups is 1. The Morgan fingerprint density at radius 1 is 1.42 bits per heavy atom. The van der Waals surface area contributed by atoms with Gasteiger partial charge in [0, 0.05) is 16.8 Å². The van der Waals surface area contributed by atoms with Crippen molar-refractivity contribution in [1.29, 1.82) is 0 Å². The number of halogens is 1. The molecule has 0 bridgehead atoms. The smallest absolute Gasteiger partial charge is 0.355 e. The summed E-state index contributed by atoms with van der Waals surface area (Å²) < 4.78 is 0. The van der Waals surface area contributed by atoms with E-state index in [9.17, 15) is 9.90 Å². The largest absolute Gasteiger partial charge is 0.476 e. The lowest BCUT2D eigenvalue weighted by Gasteiger charge is -2.09. The van der Waals surface area contributed by atoms with Crippen LogP contribution in [-0.2, 0) is 6.42 Å². The maximum atomic E-state index is 11.3. The quantitative estimate of drug-likeness (QED) is 0.929. The lowest BCUT2D eigenvalue weighted by molar-refractivity contribution is 0.0692. The number of benzene rings is 1. The fraction of sp³-hybridized carbons (Fsp3) is 0.357. The first-order valence-electron chi connectivity index (χ1n) is 6.20. The number of aromatic carboxylic acids is 1. The molecule has 0 radical (unpaired) electrons. The third kappa shape index (κ3) is 3.01. The van der Waals surface area contributed by atoms with Crippen molar-refractivity contribution in [3.8, 4) is 0 Å². The molecule has 0 saturated heterocycles. The number of fused-ring (bicyclic) bond motifs is 1. The molecule has 0 aliphatic heterocycles. The van der Waals surface area contributed by atoms with Gasteiger partial charge >= 0.3 is 5.97 Å². The van der Waals surface area contributed by atoms with E-state index in [-0.39, 0.29) is 5.69 Å². The van der Waals surface area contributed by atoms with E-state index in [0.29, 0.717) is 34.1 Å². The number of carboxylic acids is 1. The van der Waals surface area contributed by atoms with E-state index in [0.717, 1.165) is 6.42 Å². The van der Waals surface area contributed by atoms with E-state index < -0.39 is 5.97 Å².